The number of pyridine rings is 2. The minimum absolute atomic E-state index is 0.0305. The Labute approximate surface area is 133 Å². The SMILES string of the molecule is CC(C)n1cc(C(=O)Nc2cccnc2)c2ccccc2c1=O. The highest BCUT2D eigenvalue weighted by atomic mass is 16.2. The van der Waals surface area contributed by atoms with E-state index in [1.54, 1.807) is 53.5 Å². The fourth-order valence-electron chi connectivity index (χ4n) is 2.51. The minimum Gasteiger partial charge on any atom is -0.321 e. The van der Waals surface area contributed by atoms with Crippen molar-refractivity contribution >= 4 is 22.4 Å². The number of anilines is 1. The average Bonchev–Trinajstić information content (AvgIpc) is 2.56. The van der Waals surface area contributed by atoms with Gasteiger partial charge in [0.1, 0.15) is 0 Å². The summed E-state index contributed by atoms with van der Waals surface area (Å²) >= 11 is 0. The summed E-state index contributed by atoms with van der Waals surface area (Å²) in [6, 6.07) is 10.7. The van der Waals surface area contributed by atoms with Gasteiger partial charge in [0.25, 0.3) is 11.5 Å². The summed E-state index contributed by atoms with van der Waals surface area (Å²) in [6.45, 7) is 3.83. The monoisotopic (exact) mass is 307 g/mol. The van der Waals surface area contributed by atoms with Gasteiger partial charge in [0, 0.05) is 29.2 Å². The van der Waals surface area contributed by atoms with Crippen LogP contribution in [0, 0.1) is 0 Å². The zero-order chi connectivity index (χ0) is 16.4. The molecule has 1 N–H and O–H groups in total. The Morgan fingerprint density at radius 2 is 1.87 bits per heavy atom. The molecule has 0 unspecified atom stereocenters. The number of carbonyl (C=O) groups excluding carboxylic acids is 1. The Kier molecular flexibility index (Phi) is 3.93. The summed E-state index contributed by atoms with van der Waals surface area (Å²) in [4.78, 5) is 29.2. The molecule has 116 valence electrons. The highest BCUT2D eigenvalue weighted by molar-refractivity contribution is 6.12. The lowest BCUT2D eigenvalue weighted by molar-refractivity contribution is 0.102. The van der Waals surface area contributed by atoms with Crippen LogP contribution in [-0.2, 0) is 0 Å². The van der Waals surface area contributed by atoms with E-state index in [4.69, 9.17) is 0 Å². The van der Waals surface area contributed by atoms with Crippen molar-refractivity contribution < 1.29 is 4.79 Å². The molecule has 5 heteroatoms. The Hall–Kier alpha value is -2.95. The second-order valence-corrected chi connectivity index (χ2v) is 5.59. The third-order valence-electron chi connectivity index (χ3n) is 3.67. The van der Waals surface area contributed by atoms with Crippen molar-refractivity contribution in [2.24, 2.45) is 0 Å². The summed E-state index contributed by atoms with van der Waals surface area (Å²) in [5, 5.41) is 4.01. The number of nitrogens with one attached hydrogen (secondary N) is 1. The van der Waals surface area contributed by atoms with Crippen LogP contribution < -0.4 is 10.9 Å². The number of fused-ring (bicyclic) bond motifs is 1. The van der Waals surface area contributed by atoms with E-state index in [1.165, 1.54) is 0 Å². The fourth-order valence-corrected chi connectivity index (χ4v) is 2.51. The van der Waals surface area contributed by atoms with Gasteiger partial charge in [-0.25, -0.2) is 0 Å². The number of benzene rings is 1. The predicted octanol–water partition coefficient (Wildman–Crippen LogP) is 3.23. The molecule has 0 spiro atoms. The molecular weight excluding hydrogens is 290 g/mol. The number of amides is 1. The molecule has 0 aliphatic rings. The molecule has 5 nitrogen and oxygen atoms in total. The van der Waals surface area contributed by atoms with Crippen LogP contribution in [0.25, 0.3) is 10.8 Å². The molecule has 0 bridgehead atoms. The summed E-state index contributed by atoms with van der Waals surface area (Å²) in [5.41, 5.74) is 0.996. The largest absolute Gasteiger partial charge is 0.321 e. The predicted molar refractivity (Wildman–Crippen MR) is 90.8 cm³/mol. The lowest BCUT2D eigenvalue weighted by atomic mass is 10.1. The lowest BCUT2D eigenvalue weighted by Gasteiger charge is -2.15. The van der Waals surface area contributed by atoms with Crippen LogP contribution >= 0.6 is 0 Å². The number of carbonyl (C=O) groups is 1. The maximum atomic E-state index is 12.7. The number of aromatic nitrogens is 2. The quantitative estimate of drug-likeness (QED) is 0.808. The normalized spacial score (nSPS) is 10.9. The number of nitrogens with zero attached hydrogens (tertiary/aromatic N) is 2. The summed E-state index contributed by atoms with van der Waals surface area (Å²) in [5.74, 6) is -0.261. The molecule has 0 aliphatic heterocycles. The summed E-state index contributed by atoms with van der Waals surface area (Å²) < 4.78 is 1.58. The van der Waals surface area contributed by atoms with Crippen LogP contribution in [0.4, 0.5) is 5.69 Å². The number of rotatable bonds is 3. The van der Waals surface area contributed by atoms with Gasteiger partial charge in [-0.05, 0) is 32.0 Å². The van der Waals surface area contributed by atoms with Gasteiger partial charge in [-0.2, -0.15) is 0 Å². The van der Waals surface area contributed by atoms with Crippen molar-refractivity contribution in [1.29, 1.82) is 0 Å². The van der Waals surface area contributed by atoms with Gasteiger partial charge in [-0.3, -0.25) is 14.6 Å². The van der Waals surface area contributed by atoms with Gasteiger partial charge >= 0.3 is 0 Å². The van der Waals surface area contributed by atoms with Crippen LogP contribution in [0.2, 0.25) is 0 Å². The van der Waals surface area contributed by atoms with Gasteiger partial charge < -0.3 is 9.88 Å². The molecule has 0 aliphatic carbocycles. The van der Waals surface area contributed by atoms with Crippen molar-refractivity contribution in [3.8, 4) is 0 Å². The fraction of sp³-hybridized carbons (Fsp3) is 0.167. The molecular formula is C18H17N3O2. The van der Waals surface area contributed by atoms with Crippen molar-refractivity contribution in [3.63, 3.8) is 0 Å². The Balaban J connectivity index is 2.14. The minimum atomic E-state index is -0.261. The van der Waals surface area contributed by atoms with E-state index in [1.807, 2.05) is 19.9 Å². The number of hydrogen-bond acceptors (Lipinski definition) is 3. The Morgan fingerprint density at radius 3 is 2.52 bits per heavy atom. The van der Waals surface area contributed by atoms with Gasteiger partial charge in [0.2, 0.25) is 0 Å². The first-order valence-electron chi connectivity index (χ1n) is 7.43. The van der Waals surface area contributed by atoms with E-state index < -0.39 is 0 Å². The molecule has 1 amide bonds. The average molecular weight is 307 g/mol. The smallest absolute Gasteiger partial charge is 0.258 e. The molecule has 0 saturated heterocycles. The van der Waals surface area contributed by atoms with Crippen LogP contribution in [0.15, 0.2) is 59.8 Å². The maximum absolute atomic E-state index is 12.7. The van der Waals surface area contributed by atoms with E-state index in [0.29, 0.717) is 22.0 Å². The zero-order valence-corrected chi connectivity index (χ0v) is 13.0. The molecule has 1 aromatic carbocycles. The lowest BCUT2D eigenvalue weighted by Crippen LogP contribution is -2.25. The van der Waals surface area contributed by atoms with E-state index in [0.717, 1.165) is 0 Å². The molecule has 23 heavy (non-hydrogen) atoms. The molecule has 0 saturated carbocycles. The maximum Gasteiger partial charge on any atom is 0.258 e. The van der Waals surface area contributed by atoms with E-state index in [2.05, 4.69) is 10.3 Å². The van der Waals surface area contributed by atoms with Gasteiger partial charge in [0.15, 0.2) is 0 Å². The molecule has 2 heterocycles. The van der Waals surface area contributed by atoms with Gasteiger partial charge in [-0.15, -0.1) is 0 Å². The van der Waals surface area contributed by atoms with Crippen molar-refractivity contribution in [1.82, 2.24) is 9.55 Å². The van der Waals surface area contributed by atoms with E-state index >= 15 is 0 Å². The second-order valence-electron chi connectivity index (χ2n) is 5.59. The van der Waals surface area contributed by atoms with Crippen molar-refractivity contribution in [3.05, 3.63) is 70.9 Å². The molecule has 3 rings (SSSR count). The molecule has 2 aromatic heterocycles. The number of hydrogen-bond donors (Lipinski definition) is 1. The third-order valence-corrected chi connectivity index (χ3v) is 3.67. The first-order chi connectivity index (χ1) is 11.1. The first kappa shape index (κ1) is 15.0. The van der Waals surface area contributed by atoms with Gasteiger partial charge in [0.05, 0.1) is 17.4 Å². The zero-order valence-electron chi connectivity index (χ0n) is 13.0. The summed E-state index contributed by atoms with van der Waals surface area (Å²) in [6.07, 6.45) is 4.85. The second kappa shape index (κ2) is 6.04. The highest BCUT2D eigenvalue weighted by Gasteiger charge is 2.16. The molecule has 0 atom stereocenters. The molecule has 0 radical (unpaired) electrons. The highest BCUT2D eigenvalue weighted by Crippen LogP contribution is 2.18. The Morgan fingerprint density at radius 1 is 1.13 bits per heavy atom. The molecule has 0 fully saturated rings. The van der Waals surface area contributed by atoms with E-state index in [-0.39, 0.29) is 17.5 Å². The van der Waals surface area contributed by atoms with Crippen LogP contribution in [0.3, 0.4) is 0 Å². The Bertz CT molecular complexity index is 914. The molecule has 3 aromatic rings. The van der Waals surface area contributed by atoms with E-state index in [9.17, 15) is 9.59 Å². The van der Waals surface area contributed by atoms with Crippen molar-refractivity contribution in [2.45, 2.75) is 19.9 Å². The van der Waals surface area contributed by atoms with Crippen LogP contribution in [-0.4, -0.2) is 15.5 Å². The van der Waals surface area contributed by atoms with Gasteiger partial charge in [-0.1, -0.05) is 18.2 Å². The van der Waals surface area contributed by atoms with Crippen LogP contribution in [0.1, 0.15) is 30.2 Å². The first-order valence-corrected chi connectivity index (χ1v) is 7.43. The summed E-state index contributed by atoms with van der Waals surface area (Å²) in [7, 11) is 0. The third kappa shape index (κ3) is 2.85. The van der Waals surface area contributed by atoms with Crippen LogP contribution in [0.5, 0.6) is 0 Å². The standard InChI is InChI=1S/C18H17N3O2/c1-12(2)21-11-16(14-7-3-4-8-15(14)18(21)23)17(22)20-13-6-5-9-19-10-13/h3-12H,1-2H3,(H,20,22). The topological polar surface area (TPSA) is 64.0 Å². The van der Waals surface area contributed by atoms with Crippen molar-refractivity contribution in [2.75, 3.05) is 5.32 Å².